The van der Waals surface area contributed by atoms with Crippen LogP contribution in [0.2, 0.25) is 0 Å². The number of rotatable bonds is 3. The predicted molar refractivity (Wildman–Crippen MR) is 81.5 cm³/mol. The van der Waals surface area contributed by atoms with Crippen molar-refractivity contribution < 1.29 is 14.3 Å². The van der Waals surface area contributed by atoms with Crippen molar-refractivity contribution in [1.29, 1.82) is 0 Å². The molecule has 2 aliphatic rings. The first-order valence-electron chi connectivity index (χ1n) is 7.42. The Balaban J connectivity index is 1.91. The molecule has 0 bridgehead atoms. The summed E-state index contributed by atoms with van der Waals surface area (Å²) in [6, 6.07) is 4.15. The van der Waals surface area contributed by atoms with Crippen molar-refractivity contribution in [3.63, 3.8) is 0 Å². The van der Waals surface area contributed by atoms with E-state index in [2.05, 4.69) is 15.9 Å². The van der Waals surface area contributed by atoms with Crippen LogP contribution in [0.1, 0.15) is 37.8 Å². The standard InChI is InChI=1S/C16H19BrFNO2/c1-9(13-7-11(17)5-6-14(13)18)19-8-10-3-2-4-12(10)15(19)16(20)21/h5-7,9-10,12,15H,2-4,8H2,1H3,(H,20,21). The molecule has 21 heavy (non-hydrogen) atoms. The molecule has 1 aromatic carbocycles. The zero-order chi connectivity index (χ0) is 15.1. The van der Waals surface area contributed by atoms with Crippen molar-refractivity contribution in [2.24, 2.45) is 11.8 Å². The van der Waals surface area contributed by atoms with Gasteiger partial charge in [0, 0.05) is 22.6 Å². The first kappa shape index (κ1) is 15.0. The normalized spacial score (nSPS) is 30.3. The zero-order valence-electron chi connectivity index (χ0n) is 11.9. The van der Waals surface area contributed by atoms with E-state index < -0.39 is 12.0 Å². The molecule has 1 aromatic rings. The largest absolute Gasteiger partial charge is 0.480 e. The molecule has 3 nitrogen and oxygen atoms in total. The summed E-state index contributed by atoms with van der Waals surface area (Å²) >= 11 is 3.36. The van der Waals surface area contributed by atoms with E-state index in [0.29, 0.717) is 11.5 Å². The second-order valence-electron chi connectivity index (χ2n) is 6.18. The summed E-state index contributed by atoms with van der Waals surface area (Å²) in [5.41, 5.74) is 0.565. The quantitative estimate of drug-likeness (QED) is 0.895. The number of halogens is 2. The van der Waals surface area contributed by atoms with E-state index in [1.807, 2.05) is 11.8 Å². The molecule has 1 saturated carbocycles. The van der Waals surface area contributed by atoms with Gasteiger partial charge in [-0.05, 0) is 49.8 Å². The fraction of sp³-hybridized carbons (Fsp3) is 0.562. The molecule has 114 valence electrons. The number of carbonyl (C=O) groups is 1. The average Bonchev–Trinajstić information content (AvgIpc) is 3.00. The molecule has 1 aliphatic carbocycles. The van der Waals surface area contributed by atoms with Gasteiger partial charge in [-0.3, -0.25) is 9.69 Å². The number of benzene rings is 1. The monoisotopic (exact) mass is 355 g/mol. The van der Waals surface area contributed by atoms with Gasteiger partial charge in [0.2, 0.25) is 0 Å². The summed E-state index contributed by atoms with van der Waals surface area (Å²) in [4.78, 5) is 13.7. The van der Waals surface area contributed by atoms with E-state index in [4.69, 9.17) is 0 Å². The number of hydrogen-bond acceptors (Lipinski definition) is 2. The van der Waals surface area contributed by atoms with Crippen LogP contribution in [0.25, 0.3) is 0 Å². The minimum atomic E-state index is -0.772. The molecule has 4 unspecified atom stereocenters. The number of carboxylic acid groups (broad SMARTS) is 1. The van der Waals surface area contributed by atoms with Gasteiger partial charge in [0.1, 0.15) is 11.9 Å². The van der Waals surface area contributed by atoms with Gasteiger partial charge in [-0.25, -0.2) is 4.39 Å². The lowest BCUT2D eigenvalue weighted by Crippen LogP contribution is -2.41. The Morgan fingerprint density at radius 2 is 2.24 bits per heavy atom. The van der Waals surface area contributed by atoms with Gasteiger partial charge in [-0.15, -0.1) is 0 Å². The highest BCUT2D eigenvalue weighted by Crippen LogP contribution is 2.45. The van der Waals surface area contributed by atoms with Crippen LogP contribution in [-0.4, -0.2) is 28.6 Å². The van der Waals surface area contributed by atoms with E-state index in [1.165, 1.54) is 6.07 Å². The summed E-state index contributed by atoms with van der Waals surface area (Å²) in [7, 11) is 0. The third-order valence-electron chi connectivity index (χ3n) is 5.08. The van der Waals surface area contributed by atoms with Crippen LogP contribution in [-0.2, 0) is 4.79 Å². The SMILES string of the molecule is CC(c1cc(Br)ccc1F)N1CC2CCCC2C1C(=O)O. The molecule has 5 heteroatoms. The molecular formula is C16H19BrFNO2. The van der Waals surface area contributed by atoms with E-state index in [-0.39, 0.29) is 17.8 Å². The number of fused-ring (bicyclic) bond motifs is 1. The molecule has 0 spiro atoms. The van der Waals surface area contributed by atoms with Crippen LogP contribution in [0, 0.1) is 17.7 Å². The maximum atomic E-state index is 14.1. The van der Waals surface area contributed by atoms with E-state index in [9.17, 15) is 14.3 Å². The number of likely N-dealkylation sites (tertiary alicyclic amines) is 1. The Hall–Kier alpha value is -0.940. The lowest BCUT2D eigenvalue weighted by atomic mass is 9.94. The van der Waals surface area contributed by atoms with Crippen LogP contribution in [0.5, 0.6) is 0 Å². The summed E-state index contributed by atoms with van der Waals surface area (Å²) in [6.07, 6.45) is 3.19. The fourth-order valence-corrected chi connectivity index (χ4v) is 4.45. The smallest absolute Gasteiger partial charge is 0.321 e. The minimum absolute atomic E-state index is 0.222. The fourth-order valence-electron chi connectivity index (χ4n) is 4.08. The second kappa shape index (κ2) is 5.69. The number of carboxylic acids is 1. The van der Waals surface area contributed by atoms with E-state index >= 15 is 0 Å². The molecule has 4 atom stereocenters. The number of nitrogens with zero attached hydrogens (tertiary/aromatic N) is 1. The molecule has 3 rings (SSSR count). The van der Waals surface area contributed by atoms with E-state index in [0.717, 1.165) is 30.3 Å². The molecular weight excluding hydrogens is 337 g/mol. The Bertz CT molecular complexity index is 565. The first-order valence-corrected chi connectivity index (χ1v) is 8.22. The van der Waals surface area contributed by atoms with Crippen molar-refractivity contribution >= 4 is 21.9 Å². The van der Waals surface area contributed by atoms with Crippen LogP contribution < -0.4 is 0 Å². The third-order valence-corrected chi connectivity index (χ3v) is 5.58. The minimum Gasteiger partial charge on any atom is -0.480 e. The van der Waals surface area contributed by atoms with Gasteiger partial charge in [-0.2, -0.15) is 0 Å². The summed E-state index contributed by atoms with van der Waals surface area (Å²) < 4.78 is 14.9. The van der Waals surface area contributed by atoms with Crippen molar-refractivity contribution in [3.05, 3.63) is 34.1 Å². The van der Waals surface area contributed by atoms with Gasteiger partial charge < -0.3 is 5.11 Å². The van der Waals surface area contributed by atoms with Crippen molar-refractivity contribution in [2.75, 3.05) is 6.54 Å². The lowest BCUT2D eigenvalue weighted by Gasteiger charge is -2.30. The van der Waals surface area contributed by atoms with Crippen LogP contribution in [0.15, 0.2) is 22.7 Å². The Morgan fingerprint density at radius 1 is 1.48 bits per heavy atom. The highest BCUT2D eigenvalue weighted by atomic mass is 79.9. The topological polar surface area (TPSA) is 40.5 Å². The molecule has 0 radical (unpaired) electrons. The average molecular weight is 356 g/mol. The first-order chi connectivity index (χ1) is 9.99. The Kier molecular flexibility index (Phi) is 4.06. The Morgan fingerprint density at radius 3 is 2.95 bits per heavy atom. The lowest BCUT2D eigenvalue weighted by molar-refractivity contribution is -0.144. The molecule has 2 fully saturated rings. The molecule has 1 saturated heterocycles. The highest BCUT2D eigenvalue weighted by molar-refractivity contribution is 9.10. The maximum Gasteiger partial charge on any atom is 0.321 e. The maximum absolute atomic E-state index is 14.1. The van der Waals surface area contributed by atoms with E-state index in [1.54, 1.807) is 12.1 Å². The van der Waals surface area contributed by atoms with Gasteiger partial charge in [0.15, 0.2) is 0 Å². The number of aliphatic carboxylic acids is 1. The highest BCUT2D eigenvalue weighted by Gasteiger charge is 2.49. The van der Waals surface area contributed by atoms with Gasteiger partial charge in [0.25, 0.3) is 0 Å². The predicted octanol–water partition coefficient (Wildman–Crippen LogP) is 3.83. The summed E-state index contributed by atoms with van der Waals surface area (Å²) in [5, 5.41) is 9.61. The van der Waals surface area contributed by atoms with Crippen LogP contribution >= 0.6 is 15.9 Å². The van der Waals surface area contributed by atoms with Crippen LogP contribution in [0.3, 0.4) is 0 Å². The van der Waals surface area contributed by atoms with Crippen LogP contribution in [0.4, 0.5) is 4.39 Å². The summed E-state index contributed by atoms with van der Waals surface area (Å²) in [5.74, 6) is -0.373. The van der Waals surface area contributed by atoms with Gasteiger partial charge in [0.05, 0.1) is 0 Å². The van der Waals surface area contributed by atoms with Crippen molar-refractivity contribution in [2.45, 2.75) is 38.3 Å². The summed E-state index contributed by atoms with van der Waals surface area (Å²) in [6.45, 7) is 2.66. The van der Waals surface area contributed by atoms with Gasteiger partial charge in [-0.1, -0.05) is 22.4 Å². The molecule has 1 aliphatic heterocycles. The second-order valence-corrected chi connectivity index (χ2v) is 7.09. The van der Waals surface area contributed by atoms with Gasteiger partial charge >= 0.3 is 5.97 Å². The molecule has 1 N–H and O–H groups in total. The molecule has 0 amide bonds. The number of hydrogen-bond donors (Lipinski definition) is 1. The Labute approximate surface area is 132 Å². The van der Waals surface area contributed by atoms with Crippen molar-refractivity contribution in [1.82, 2.24) is 4.90 Å². The third kappa shape index (κ3) is 2.61. The van der Waals surface area contributed by atoms with Crippen molar-refractivity contribution in [3.8, 4) is 0 Å². The molecule has 1 heterocycles. The molecule has 0 aromatic heterocycles. The zero-order valence-corrected chi connectivity index (χ0v) is 13.5.